The summed E-state index contributed by atoms with van der Waals surface area (Å²) in [6.45, 7) is 0. The van der Waals surface area contributed by atoms with Crippen molar-refractivity contribution in [3.63, 3.8) is 0 Å². The standard InChI is InChI=1S/C15H14N2O2S2/c18-17(19)10-3-1-2-9(8-10)13-14-11(4-6-20-14)16-12-5-7-21-15(12)13/h1-3,8,13-14H,4-7H2. The molecule has 0 N–H and O–H groups in total. The van der Waals surface area contributed by atoms with Crippen LogP contribution in [0, 0.1) is 10.1 Å². The molecule has 4 nitrogen and oxygen atoms in total. The zero-order chi connectivity index (χ0) is 14.4. The highest BCUT2D eigenvalue weighted by Gasteiger charge is 2.40. The van der Waals surface area contributed by atoms with E-state index in [0.29, 0.717) is 5.25 Å². The predicted molar refractivity (Wildman–Crippen MR) is 88.2 cm³/mol. The number of nitrogens with zero attached hydrogens (tertiary/aromatic N) is 2. The van der Waals surface area contributed by atoms with Crippen molar-refractivity contribution in [1.29, 1.82) is 0 Å². The molecule has 0 saturated carbocycles. The Morgan fingerprint density at radius 1 is 1.29 bits per heavy atom. The van der Waals surface area contributed by atoms with Crippen LogP contribution < -0.4 is 0 Å². The van der Waals surface area contributed by atoms with Crippen molar-refractivity contribution >= 4 is 34.9 Å². The van der Waals surface area contributed by atoms with Gasteiger partial charge in [0, 0.05) is 34.4 Å². The number of thioether (sulfide) groups is 2. The van der Waals surface area contributed by atoms with Gasteiger partial charge in [-0.25, -0.2) is 0 Å². The third-order valence-corrected chi connectivity index (χ3v) is 6.72. The summed E-state index contributed by atoms with van der Waals surface area (Å²) in [4.78, 5) is 17.0. The van der Waals surface area contributed by atoms with Crippen LogP contribution in [-0.4, -0.2) is 27.4 Å². The minimum absolute atomic E-state index is 0.185. The number of non-ortho nitro benzene ring substituents is 1. The molecule has 0 amide bonds. The van der Waals surface area contributed by atoms with Gasteiger partial charge in [0.05, 0.1) is 15.9 Å². The summed E-state index contributed by atoms with van der Waals surface area (Å²) in [7, 11) is 0. The number of hydrogen-bond acceptors (Lipinski definition) is 5. The Hall–Kier alpha value is -1.27. The summed E-state index contributed by atoms with van der Waals surface area (Å²) >= 11 is 3.83. The van der Waals surface area contributed by atoms with Crippen molar-refractivity contribution < 1.29 is 4.92 Å². The molecule has 6 heteroatoms. The first-order valence-electron chi connectivity index (χ1n) is 7.03. The first kappa shape index (κ1) is 13.4. The minimum Gasteiger partial charge on any atom is -0.260 e. The topological polar surface area (TPSA) is 55.5 Å². The van der Waals surface area contributed by atoms with Gasteiger partial charge in [-0.1, -0.05) is 12.1 Å². The highest BCUT2D eigenvalue weighted by atomic mass is 32.2. The van der Waals surface area contributed by atoms with Crippen LogP contribution in [0.2, 0.25) is 0 Å². The predicted octanol–water partition coefficient (Wildman–Crippen LogP) is 3.99. The van der Waals surface area contributed by atoms with Gasteiger partial charge in [0.2, 0.25) is 0 Å². The van der Waals surface area contributed by atoms with Gasteiger partial charge >= 0.3 is 0 Å². The number of nitro benzene ring substituents is 1. The van der Waals surface area contributed by atoms with Crippen LogP contribution in [0.1, 0.15) is 24.3 Å². The Morgan fingerprint density at radius 2 is 2.19 bits per heavy atom. The maximum atomic E-state index is 11.1. The Labute approximate surface area is 131 Å². The van der Waals surface area contributed by atoms with Crippen LogP contribution in [0.5, 0.6) is 0 Å². The lowest BCUT2D eigenvalue weighted by Crippen LogP contribution is -2.25. The van der Waals surface area contributed by atoms with Crippen LogP contribution >= 0.6 is 23.5 Å². The SMILES string of the molecule is O=[N+]([O-])c1cccc(C2C3=C(CCS3)N=C3CCSC32)c1. The fraction of sp³-hybridized carbons (Fsp3) is 0.400. The first-order valence-corrected chi connectivity index (χ1v) is 9.07. The molecule has 1 saturated heterocycles. The second kappa shape index (κ2) is 5.18. The molecule has 3 aliphatic heterocycles. The molecular weight excluding hydrogens is 304 g/mol. The number of aliphatic imine (C=N–C) groups is 1. The van der Waals surface area contributed by atoms with E-state index in [1.54, 1.807) is 18.2 Å². The summed E-state index contributed by atoms with van der Waals surface area (Å²) in [5.41, 5.74) is 3.77. The quantitative estimate of drug-likeness (QED) is 0.611. The molecule has 0 aliphatic carbocycles. The molecule has 0 radical (unpaired) electrons. The zero-order valence-corrected chi connectivity index (χ0v) is 13.0. The number of benzene rings is 1. The van der Waals surface area contributed by atoms with Crippen LogP contribution in [0.15, 0.2) is 39.9 Å². The van der Waals surface area contributed by atoms with Gasteiger partial charge < -0.3 is 0 Å². The van der Waals surface area contributed by atoms with Crippen LogP contribution in [0.3, 0.4) is 0 Å². The molecule has 3 heterocycles. The van der Waals surface area contributed by atoms with Gasteiger partial charge in [0.15, 0.2) is 0 Å². The largest absolute Gasteiger partial charge is 0.269 e. The Morgan fingerprint density at radius 3 is 3.05 bits per heavy atom. The molecule has 1 fully saturated rings. The Bertz CT molecular complexity index is 684. The van der Waals surface area contributed by atoms with E-state index in [4.69, 9.17) is 4.99 Å². The molecule has 1 aromatic carbocycles. The van der Waals surface area contributed by atoms with E-state index in [0.717, 1.165) is 29.9 Å². The lowest BCUT2D eigenvalue weighted by Gasteiger charge is -2.28. The maximum absolute atomic E-state index is 11.1. The second-order valence-electron chi connectivity index (χ2n) is 5.38. The van der Waals surface area contributed by atoms with Crippen molar-refractivity contribution in [3.8, 4) is 0 Å². The fourth-order valence-corrected chi connectivity index (χ4v) is 6.05. The van der Waals surface area contributed by atoms with Crippen molar-refractivity contribution in [1.82, 2.24) is 0 Å². The highest BCUT2D eigenvalue weighted by molar-refractivity contribution is 8.03. The summed E-state index contributed by atoms with van der Waals surface area (Å²) in [5, 5.41) is 11.4. The van der Waals surface area contributed by atoms with Gasteiger partial charge in [-0.2, -0.15) is 11.8 Å². The van der Waals surface area contributed by atoms with Crippen LogP contribution in [0.4, 0.5) is 5.69 Å². The van der Waals surface area contributed by atoms with E-state index in [2.05, 4.69) is 0 Å². The van der Waals surface area contributed by atoms with E-state index in [-0.39, 0.29) is 16.5 Å². The van der Waals surface area contributed by atoms with Crippen LogP contribution in [-0.2, 0) is 0 Å². The summed E-state index contributed by atoms with van der Waals surface area (Å²) in [5.74, 6) is 2.46. The normalized spacial score (nSPS) is 27.3. The number of rotatable bonds is 2. The average molecular weight is 318 g/mol. The van der Waals surface area contributed by atoms with E-state index in [1.165, 1.54) is 16.3 Å². The van der Waals surface area contributed by atoms with Crippen LogP contribution in [0.25, 0.3) is 0 Å². The molecule has 21 heavy (non-hydrogen) atoms. The molecule has 1 aromatic rings. The number of nitro groups is 1. The summed E-state index contributed by atoms with van der Waals surface area (Å²) in [6, 6.07) is 7.15. The smallest absolute Gasteiger partial charge is 0.260 e. The molecule has 4 rings (SSSR count). The van der Waals surface area contributed by atoms with Gasteiger partial charge in [-0.3, -0.25) is 15.1 Å². The summed E-state index contributed by atoms with van der Waals surface area (Å²) < 4.78 is 0. The van der Waals surface area contributed by atoms with Crippen molar-refractivity contribution in [3.05, 3.63) is 50.5 Å². The first-order chi connectivity index (χ1) is 10.2. The molecule has 2 unspecified atom stereocenters. The lowest BCUT2D eigenvalue weighted by molar-refractivity contribution is -0.384. The number of fused-ring (bicyclic) bond motifs is 1. The molecule has 108 valence electrons. The summed E-state index contributed by atoms with van der Waals surface area (Å²) in [6.07, 6.45) is 2.09. The number of hydrogen-bond donors (Lipinski definition) is 0. The van der Waals surface area contributed by atoms with Crippen molar-refractivity contribution in [2.24, 2.45) is 4.99 Å². The highest BCUT2D eigenvalue weighted by Crippen LogP contribution is 2.52. The van der Waals surface area contributed by atoms with Gasteiger partial charge in [0.1, 0.15) is 0 Å². The molecule has 2 atom stereocenters. The average Bonchev–Trinajstić information content (AvgIpc) is 3.12. The second-order valence-corrected chi connectivity index (χ2v) is 7.77. The fourth-order valence-electron chi connectivity index (χ4n) is 3.25. The Kier molecular flexibility index (Phi) is 3.30. The third kappa shape index (κ3) is 2.21. The van der Waals surface area contributed by atoms with Gasteiger partial charge in [0.25, 0.3) is 5.69 Å². The molecule has 0 bridgehead atoms. The lowest BCUT2D eigenvalue weighted by atomic mass is 9.88. The number of allylic oxidation sites excluding steroid dienone is 2. The van der Waals surface area contributed by atoms with Gasteiger partial charge in [-0.05, 0) is 24.2 Å². The van der Waals surface area contributed by atoms with Gasteiger partial charge in [-0.15, -0.1) is 11.8 Å². The molecular formula is C15H14N2O2S2. The van der Waals surface area contributed by atoms with E-state index in [1.807, 2.05) is 29.6 Å². The van der Waals surface area contributed by atoms with E-state index >= 15 is 0 Å². The molecule has 0 spiro atoms. The molecule has 3 aliphatic rings. The minimum atomic E-state index is -0.305. The van der Waals surface area contributed by atoms with Crippen molar-refractivity contribution in [2.75, 3.05) is 11.5 Å². The Balaban J connectivity index is 1.81. The molecule has 0 aromatic heterocycles. The maximum Gasteiger partial charge on any atom is 0.269 e. The van der Waals surface area contributed by atoms with E-state index < -0.39 is 0 Å². The van der Waals surface area contributed by atoms with Crippen molar-refractivity contribution in [2.45, 2.75) is 24.0 Å². The van der Waals surface area contributed by atoms with E-state index in [9.17, 15) is 10.1 Å². The zero-order valence-electron chi connectivity index (χ0n) is 11.3. The monoisotopic (exact) mass is 318 g/mol. The third-order valence-electron chi connectivity index (χ3n) is 4.17.